The number of carbonyl (C=O) groups excluding carboxylic acids is 1. The van der Waals surface area contributed by atoms with Crippen molar-refractivity contribution in [3.8, 4) is 0 Å². The predicted octanol–water partition coefficient (Wildman–Crippen LogP) is 3.28. The molecule has 1 heterocycles. The second kappa shape index (κ2) is 6.46. The van der Waals surface area contributed by atoms with Crippen LogP contribution in [0, 0.1) is 13.8 Å². The molecule has 0 bridgehead atoms. The number of hydrogen-bond donors (Lipinski definition) is 0. The first-order chi connectivity index (χ1) is 7.70. The third-order valence-electron chi connectivity index (χ3n) is 3.03. The molecular formula is C13H22N2O. The fourth-order valence-corrected chi connectivity index (χ4v) is 1.96. The molecule has 1 rings (SSSR count). The Morgan fingerprint density at radius 1 is 1.19 bits per heavy atom. The number of carbonyl (C=O) groups is 1. The third kappa shape index (κ3) is 3.19. The Morgan fingerprint density at radius 2 is 1.88 bits per heavy atom. The molecule has 0 saturated carbocycles. The Hall–Kier alpha value is -1.12. The van der Waals surface area contributed by atoms with Gasteiger partial charge in [-0.05, 0) is 20.3 Å². The first-order valence-electron chi connectivity index (χ1n) is 6.19. The van der Waals surface area contributed by atoms with E-state index in [9.17, 15) is 4.79 Å². The zero-order chi connectivity index (χ0) is 12.0. The molecular weight excluding hydrogens is 200 g/mol. The SMILES string of the molecule is CCCCCCCn1nc(C)c(C=O)c1C. The summed E-state index contributed by atoms with van der Waals surface area (Å²) in [6, 6.07) is 0. The van der Waals surface area contributed by atoms with Crippen LogP contribution in [0.3, 0.4) is 0 Å². The van der Waals surface area contributed by atoms with Gasteiger partial charge in [-0.3, -0.25) is 9.48 Å². The van der Waals surface area contributed by atoms with Gasteiger partial charge >= 0.3 is 0 Å². The highest BCUT2D eigenvalue weighted by Gasteiger charge is 2.09. The number of hydrogen-bond acceptors (Lipinski definition) is 2. The Morgan fingerprint density at radius 3 is 2.44 bits per heavy atom. The van der Waals surface area contributed by atoms with E-state index in [2.05, 4.69) is 12.0 Å². The van der Waals surface area contributed by atoms with E-state index in [1.807, 2.05) is 18.5 Å². The maximum atomic E-state index is 10.8. The number of unbranched alkanes of at least 4 members (excludes halogenated alkanes) is 4. The second-order valence-electron chi connectivity index (χ2n) is 4.34. The van der Waals surface area contributed by atoms with Crippen molar-refractivity contribution in [2.24, 2.45) is 0 Å². The first kappa shape index (κ1) is 12.9. The molecule has 1 aromatic heterocycles. The second-order valence-corrected chi connectivity index (χ2v) is 4.34. The van der Waals surface area contributed by atoms with Crippen LogP contribution in [0.1, 0.15) is 60.8 Å². The summed E-state index contributed by atoms with van der Waals surface area (Å²) in [6.07, 6.45) is 7.20. The van der Waals surface area contributed by atoms with Gasteiger partial charge in [-0.1, -0.05) is 32.6 Å². The van der Waals surface area contributed by atoms with Gasteiger partial charge in [-0.15, -0.1) is 0 Å². The highest BCUT2D eigenvalue weighted by atomic mass is 16.1. The first-order valence-corrected chi connectivity index (χ1v) is 6.19. The molecule has 0 spiro atoms. The van der Waals surface area contributed by atoms with Crippen LogP contribution in [0.25, 0.3) is 0 Å². The topological polar surface area (TPSA) is 34.9 Å². The lowest BCUT2D eigenvalue weighted by Crippen LogP contribution is -2.03. The predicted molar refractivity (Wildman–Crippen MR) is 65.8 cm³/mol. The summed E-state index contributed by atoms with van der Waals surface area (Å²) in [6.45, 7) is 7.02. The van der Waals surface area contributed by atoms with Crippen molar-refractivity contribution in [3.63, 3.8) is 0 Å². The van der Waals surface area contributed by atoms with Gasteiger partial charge in [-0.2, -0.15) is 5.10 Å². The highest BCUT2D eigenvalue weighted by molar-refractivity contribution is 5.77. The van der Waals surface area contributed by atoms with Crippen LogP contribution in [0.4, 0.5) is 0 Å². The van der Waals surface area contributed by atoms with Crippen LogP contribution in [0.5, 0.6) is 0 Å². The summed E-state index contributed by atoms with van der Waals surface area (Å²) in [4.78, 5) is 10.8. The quantitative estimate of drug-likeness (QED) is 0.524. The molecule has 16 heavy (non-hydrogen) atoms. The van der Waals surface area contributed by atoms with E-state index in [-0.39, 0.29) is 0 Å². The van der Waals surface area contributed by atoms with Crippen LogP contribution in [0.15, 0.2) is 0 Å². The maximum absolute atomic E-state index is 10.8. The van der Waals surface area contributed by atoms with E-state index in [0.29, 0.717) is 0 Å². The summed E-state index contributed by atoms with van der Waals surface area (Å²) in [5.74, 6) is 0. The lowest BCUT2D eigenvalue weighted by Gasteiger charge is -2.04. The van der Waals surface area contributed by atoms with Gasteiger partial charge < -0.3 is 0 Å². The molecule has 3 nitrogen and oxygen atoms in total. The van der Waals surface area contributed by atoms with Gasteiger partial charge in [-0.25, -0.2) is 0 Å². The third-order valence-corrected chi connectivity index (χ3v) is 3.03. The van der Waals surface area contributed by atoms with Crippen molar-refractivity contribution in [1.29, 1.82) is 0 Å². The molecule has 0 radical (unpaired) electrons. The molecule has 0 aliphatic rings. The molecule has 0 fully saturated rings. The Kier molecular flexibility index (Phi) is 5.23. The van der Waals surface area contributed by atoms with Crippen LogP contribution in [-0.4, -0.2) is 16.1 Å². The van der Waals surface area contributed by atoms with E-state index < -0.39 is 0 Å². The van der Waals surface area contributed by atoms with Crippen LogP contribution in [-0.2, 0) is 6.54 Å². The zero-order valence-electron chi connectivity index (χ0n) is 10.6. The fraction of sp³-hybridized carbons (Fsp3) is 0.692. The molecule has 0 aliphatic carbocycles. The van der Waals surface area contributed by atoms with E-state index >= 15 is 0 Å². The molecule has 0 aromatic carbocycles. The molecule has 0 atom stereocenters. The van der Waals surface area contributed by atoms with Crippen molar-refractivity contribution in [2.45, 2.75) is 59.4 Å². The summed E-state index contributed by atoms with van der Waals surface area (Å²) in [5, 5.41) is 4.38. The van der Waals surface area contributed by atoms with Crippen molar-refractivity contribution in [1.82, 2.24) is 9.78 Å². The zero-order valence-corrected chi connectivity index (χ0v) is 10.6. The average Bonchev–Trinajstić information content (AvgIpc) is 2.53. The normalized spacial score (nSPS) is 10.7. The van der Waals surface area contributed by atoms with Crippen LogP contribution >= 0.6 is 0 Å². The summed E-state index contributed by atoms with van der Waals surface area (Å²) in [5.41, 5.74) is 2.61. The lowest BCUT2D eigenvalue weighted by atomic mass is 10.1. The lowest BCUT2D eigenvalue weighted by molar-refractivity contribution is 0.112. The minimum atomic E-state index is 0.758. The minimum Gasteiger partial charge on any atom is -0.298 e. The number of rotatable bonds is 7. The van der Waals surface area contributed by atoms with Gasteiger partial charge in [0.15, 0.2) is 6.29 Å². The summed E-state index contributed by atoms with van der Waals surface area (Å²) in [7, 11) is 0. The Labute approximate surface area is 97.8 Å². The standard InChI is InChI=1S/C13H22N2O/c1-4-5-6-7-8-9-15-12(3)13(10-16)11(2)14-15/h10H,4-9H2,1-3H3. The van der Waals surface area contributed by atoms with Crippen molar-refractivity contribution >= 4 is 6.29 Å². The smallest absolute Gasteiger partial charge is 0.153 e. The number of nitrogens with zero attached hydrogens (tertiary/aromatic N) is 2. The van der Waals surface area contributed by atoms with E-state index in [1.165, 1.54) is 25.7 Å². The molecule has 0 N–H and O–H groups in total. The fourth-order valence-electron chi connectivity index (χ4n) is 1.96. The Balaban J connectivity index is 2.45. The highest BCUT2D eigenvalue weighted by Crippen LogP contribution is 2.12. The minimum absolute atomic E-state index is 0.758. The van der Waals surface area contributed by atoms with Crippen LogP contribution < -0.4 is 0 Å². The average molecular weight is 222 g/mol. The van der Waals surface area contributed by atoms with Crippen molar-refractivity contribution < 1.29 is 4.79 Å². The largest absolute Gasteiger partial charge is 0.298 e. The molecule has 0 unspecified atom stereocenters. The van der Waals surface area contributed by atoms with Crippen molar-refractivity contribution in [2.75, 3.05) is 0 Å². The van der Waals surface area contributed by atoms with E-state index in [0.717, 1.165) is 36.2 Å². The summed E-state index contributed by atoms with van der Waals surface area (Å²) >= 11 is 0. The number of aryl methyl sites for hydroxylation is 2. The molecule has 0 saturated heterocycles. The molecule has 0 amide bonds. The van der Waals surface area contributed by atoms with Gasteiger partial charge in [0, 0.05) is 12.2 Å². The summed E-state index contributed by atoms with van der Waals surface area (Å²) < 4.78 is 1.96. The van der Waals surface area contributed by atoms with E-state index in [4.69, 9.17) is 0 Å². The molecule has 3 heteroatoms. The molecule has 0 aliphatic heterocycles. The van der Waals surface area contributed by atoms with Gasteiger partial charge in [0.25, 0.3) is 0 Å². The van der Waals surface area contributed by atoms with Crippen molar-refractivity contribution in [3.05, 3.63) is 17.0 Å². The van der Waals surface area contributed by atoms with Gasteiger partial charge in [0.05, 0.1) is 11.3 Å². The number of aldehydes is 1. The van der Waals surface area contributed by atoms with Gasteiger partial charge in [0.2, 0.25) is 0 Å². The maximum Gasteiger partial charge on any atom is 0.153 e. The monoisotopic (exact) mass is 222 g/mol. The van der Waals surface area contributed by atoms with Gasteiger partial charge in [0.1, 0.15) is 0 Å². The van der Waals surface area contributed by atoms with Crippen LogP contribution in [0.2, 0.25) is 0 Å². The van der Waals surface area contributed by atoms with E-state index in [1.54, 1.807) is 0 Å². The Bertz CT molecular complexity index is 342. The molecule has 1 aromatic rings. The molecule has 90 valence electrons. The number of aromatic nitrogens is 2.